The molecule has 0 spiro atoms. The number of hydrogen-bond acceptors (Lipinski definition) is 9. The first-order valence-corrected chi connectivity index (χ1v) is 9.79. The molecule has 1 unspecified atom stereocenters. The van der Waals surface area contributed by atoms with Crippen LogP contribution >= 0.6 is 0 Å². The number of nitrogens with zero attached hydrogens (tertiary/aromatic N) is 3. The number of methoxy groups -OCH3 is 2. The third kappa shape index (κ3) is 7.44. The molecule has 0 aliphatic carbocycles. The average molecular weight is 431 g/mol. The Kier molecular flexibility index (Phi) is 8.18. The van der Waals surface area contributed by atoms with E-state index in [9.17, 15) is 4.79 Å². The van der Waals surface area contributed by atoms with Crippen molar-refractivity contribution in [2.45, 2.75) is 46.3 Å². The van der Waals surface area contributed by atoms with Gasteiger partial charge in [0.05, 0.1) is 26.5 Å². The molecule has 9 nitrogen and oxygen atoms in total. The maximum atomic E-state index is 12.4. The molecule has 0 radical (unpaired) electrons. The van der Waals surface area contributed by atoms with E-state index in [1.807, 2.05) is 19.9 Å². The van der Waals surface area contributed by atoms with E-state index in [4.69, 9.17) is 23.8 Å². The standard InChI is InChI=1S/C22H29N3O6/c1-14(2)19(20(26)30-22(3,4)5)31-23-13-15-10-8-9-11-16(15)29-21-24-17(27-6)12-18(25-21)28-7/h8-14,19H,1-7H3. The minimum absolute atomic E-state index is 0.0479. The molecule has 0 bridgehead atoms. The molecule has 2 aromatic rings. The summed E-state index contributed by atoms with van der Waals surface area (Å²) in [5.74, 6) is 0.433. The van der Waals surface area contributed by atoms with Gasteiger partial charge in [0.25, 0.3) is 0 Å². The van der Waals surface area contributed by atoms with Crippen molar-refractivity contribution >= 4 is 12.2 Å². The van der Waals surface area contributed by atoms with Gasteiger partial charge in [0.15, 0.2) is 0 Å². The minimum atomic E-state index is -0.838. The molecule has 0 saturated carbocycles. The first-order chi connectivity index (χ1) is 14.6. The molecule has 0 amide bonds. The molecule has 1 atom stereocenters. The number of aromatic nitrogens is 2. The molecule has 1 heterocycles. The van der Waals surface area contributed by atoms with Crippen molar-refractivity contribution in [1.82, 2.24) is 9.97 Å². The number of carbonyl (C=O) groups excluding carboxylic acids is 1. The Balaban J connectivity index is 2.18. The summed E-state index contributed by atoms with van der Waals surface area (Å²) in [7, 11) is 2.97. The molecule has 0 aliphatic heterocycles. The summed E-state index contributed by atoms with van der Waals surface area (Å²) in [6.07, 6.45) is 0.612. The second-order valence-corrected chi connectivity index (χ2v) is 7.91. The molecule has 2 rings (SSSR count). The van der Waals surface area contributed by atoms with E-state index in [1.165, 1.54) is 26.5 Å². The zero-order chi connectivity index (χ0) is 23.0. The lowest BCUT2D eigenvalue weighted by Crippen LogP contribution is -2.35. The number of ether oxygens (including phenoxy) is 4. The van der Waals surface area contributed by atoms with E-state index in [1.54, 1.807) is 39.0 Å². The number of rotatable bonds is 9. The van der Waals surface area contributed by atoms with Crippen LogP contribution in [0.15, 0.2) is 35.5 Å². The van der Waals surface area contributed by atoms with Crippen molar-refractivity contribution in [2.75, 3.05) is 14.2 Å². The first-order valence-electron chi connectivity index (χ1n) is 9.79. The van der Waals surface area contributed by atoms with E-state index in [0.29, 0.717) is 23.1 Å². The number of hydrogen-bond donors (Lipinski definition) is 0. The topological polar surface area (TPSA) is 101 Å². The van der Waals surface area contributed by atoms with Crippen LogP contribution in [-0.4, -0.2) is 48.1 Å². The fourth-order valence-electron chi connectivity index (χ4n) is 2.37. The number of esters is 1. The summed E-state index contributed by atoms with van der Waals surface area (Å²) in [6.45, 7) is 9.11. The van der Waals surface area contributed by atoms with Gasteiger partial charge in [-0.15, -0.1) is 0 Å². The van der Waals surface area contributed by atoms with E-state index in [0.717, 1.165) is 0 Å². The number of oxime groups is 1. The van der Waals surface area contributed by atoms with Gasteiger partial charge in [-0.25, -0.2) is 4.79 Å². The van der Waals surface area contributed by atoms with Gasteiger partial charge in [0.1, 0.15) is 11.4 Å². The van der Waals surface area contributed by atoms with Crippen LogP contribution in [-0.2, 0) is 14.4 Å². The van der Waals surface area contributed by atoms with Gasteiger partial charge in [0.2, 0.25) is 17.9 Å². The maximum Gasteiger partial charge on any atom is 0.350 e. The lowest BCUT2D eigenvalue weighted by molar-refractivity contribution is -0.171. The highest BCUT2D eigenvalue weighted by molar-refractivity contribution is 5.83. The van der Waals surface area contributed by atoms with Crippen LogP contribution in [0.5, 0.6) is 23.5 Å². The number of benzene rings is 1. The van der Waals surface area contributed by atoms with Gasteiger partial charge in [-0.1, -0.05) is 31.1 Å². The Bertz CT molecular complexity index is 886. The molecule has 0 aliphatic rings. The molecule has 0 saturated heterocycles. The molecular formula is C22H29N3O6. The molecule has 1 aromatic heterocycles. The fraction of sp³-hybridized carbons (Fsp3) is 0.455. The predicted octanol–water partition coefficient (Wildman–Crippen LogP) is 4.00. The third-order valence-electron chi connectivity index (χ3n) is 3.81. The summed E-state index contributed by atoms with van der Waals surface area (Å²) in [4.78, 5) is 26.2. The molecule has 31 heavy (non-hydrogen) atoms. The van der Waals surface area contributed by atoms with Crippen molar-refractivity contribution in [2.24, 2.45) is 11.1 Å². The molecule has 9 heteroatoms. The molecule has 1 aromatic carbocycles. The summed E-state index contributed by atoms with van der Waals surface area (Å²) in [5, 5.41) is 3.99. The summed E-state index contributed by atoms with van der Waals surface area (Å²) in [6, 6.07) is 8.70. The van der Waals surface area contributed by atoms with Crippen LogP contribution in [0.4, 0.5) is 0 Å². The highest BCUT2D eigenvalue weighted by atomic mass is 16.7. The highest BCUT2D eigenvalue weighted by Crippen LogP contribution is 2.26. The summed E-state index contributed by atoms with van der Waals surface area (Å²) >= 11 is 0. The summed E-state index contributed by atoms with van der Waals surface area (Å²) in [5.41, 5.74) is -0.0187. The lowest BCUT2D eigenvalue weighted by Gasteiger charge is -2.24. The minimum Gasteiger partial charge on any atom is -0.481 e. The number of carbonyl (C=O) groups is 1. The zero-order valence-electron chi connectivity index (χ0n) is 18.9. The van der Waals surface area contributed by atoms with Crippen LogP contribution in [0, 0.1) is 5.92 Å². The second kappa shape index (κ2) is 10.6. The van der Waals surface area contributed by atoms with Gasteiger partial charge in [-0.2, -0.15) is 9.97 Å². The van der Waals surface area contributed by atoms with Gasteiger partial charge in [0, 0.05) is 11.5 Å². The second-order valence-electron chi connectivity index (χ2n) is 7.91. The SMILES string of the molecule is COc1cc(OC)nc(Oc2ccccc2C=NOC(C(=O)OC(C)(C)C)C(C)C)n1. The van der Waals surface area contributed by atoms with Crippen molar-refractivity contribution in [3.05, 3.63) is 35.9 Å². The largest absolute Gasteiger partial charge is 0.481 e. The smallest absolute Gasteiger partial charge is 0.350 e. The van der Waals surface area contributed by atoms with E-state index < -0.39 is 17.7 Å². The lowest BCUT2D eigenvalue weighted by atomic mass is 10.1. The van der Waals surface area contributed by atoms with Gasteiger partial charge in [-0.3, -0.25) is 0 Å². The van der Waals surface area contributed by atoms with E-state index in [-0.39, 0.29) is 11.9 Å². The van der Waals surface area contributed by atoms with Gasteiger partial charge in [-0.05, 0) is 32.9 Å². The third-order valence-corrected chi connectivity index (χ3v) is 3.81. The highest BCUT2D eigenvalue weighted by Gasteiger charge is 2.29. The van der Waals surface area contributed by atoms with Crippen LogP contribution in [0.1, 0.15) is 40.2 Å². The van der Waals surface area contributed by atoms with Crippen LogP contribution in [0.25, 0.3) is 0 Å². The van der Waals surface area contributed by atoms with Crippen molar-refractivity contribution < 1.29 is 28.6 Å². The maximum absolute atomic E-state index is 12.4. The molecular weight excluding hydrogens is 402 g/mol. The van der Waals surface area contributed by atoms with E-state index >= 15 is 0 Å². The van der Waals surface area contributed by atoms with Crippen molar-refractivity contribution in [1.29, 1.82) is 0 Å². The summed E-state index contributed by atoms with van der Waals surface area (Å²) < 4.78 is 21.5. The fourth-order valence-corrected chi connectivity index (χ4v) is 2.37. The Morgan fingerprint density at radius 3 is 2.23 bits per heavy atom. The Morgan fingerprint density at radius 2 is 1.68 bits per heavy atom. The predicted molar refractivity (Wildman–Crippen MR) is 115 cm³/mol. The van der Waals surface area contributed by atoms with Crippen LogP contribution in [0.3, 0.4) is 0 Å². The molecule has 0 fully saturated rings. The number of para-hydroxylation sites is 1. The zero-order valence-corrected chi connectivity index (χ0v) is 18.9. The van der Waals surface area contributed by atoms with Gasteiger partial charge < -0.3 is 23.8 Å². The van der Waals surface area contributed by atoms with Crippen molar-refractivity contribution in [3.63, 3.8) is 0 Å². The Morgan fingerprint density at radius 1 is 1.06 bits per heavy atom. The van der Waals surface area contributed by atoms with Crippen LogP contribution < -0.4 is 14.2 Å². The van der Waals surface area contributed by atoms with Gasteiger partial charge >= 0.3 is 12.0 Å². The average Bonchev–Trinajstić information content (AvgIpc) is 2.70. The monoisotopic (exact) mass is 431 g/mol. The quantitative estimate of drug-likeness (QED) is 0.334. The molecule has 0 N–H and O–H groups in total. The first kappa shape index (κ1) is 23.9. The normalized spacial score (nSPS) is 12.5. The Labute approximate surface area is 182 Å². The van der Waals surface area contributed by atoms with Crippen LogP contribution in [0.2, 0.25) is 0 Å². The Hall–Kier alpha value is -3.36. The van der Waals surface area contributed by atoms with Crippen molar-refractivity contribution in [3.8, 4) is 23.5 Å². The van der Waals surface area contributed by atoms with E-state index in [2.05, 4.69) is 15.1 Å². The molecule has 168 valence electrons.